The van der Waals surface area contributed by atoms with Crippen molar-refractivity contribution in [2.75, 3.05) is 5.73 Å². The molecule has 0 radical (unpaired) electrons. The zero-order valence-electron chi connectivity index (χ0n) is 13.6. The summed E-state index contributed by atoms with van der Waals surface area (Å²) in [5.41, 5.74) is 11.4. The molecule has 0 atom stereocenters. The van der Waals surface area contributed by atoms with Gasteiger partial charge in [-0.15, -0.1) is 0 Å². The molecule has 4 heteroatoms. The van der Waals surface area contributed by atoms with E-state index in [1.807, 2.05) is 66.7 Å². The largest absolute Gasteiger partial charge is 0.399 e. The van der Waals surface area contributed by atoms with Gasteiger partial charge in [-0.05, 0) is 42.0 Å². The quantitative estimate of drug-likeness (QED) is 0.574. The van der Waals surface area contributed by atoms with Crippen molar-refractivity contribution in [1.82, 2.24) is 9.55 Å². The second-order valence-electron chi connectivity index (χ2n) is 5.95. The Labute approximate surface area is 145 Å². The van der Waals surface area contributed by atoms with Gasteiger partial charge >= 0.3 is 0 Å². The molecule has 0 fully saturated rings. The summed E-state index contributed by atoms with van der Waals surface area (Å²) in [7, 11) is 0. The van der Waals surface area contributed by atoms with Crippen molar-refractivity contribution in [3.63, 3.8) is 0 Å². The van der Waals surface area contributed by atoms with Gasteiger partial charge in [0.15, 0.2) is 0 Å². The number of nitrogens with two attached hydrogens (primary N) is 1. The highest BCUT2D eigenvalue weighted by Gasteiger charge is 2.13. The Bertz CT molecular complexity index is 1100. The van der Waals surface area contributed by atoms with Crippen LogP contribution in [0.2, 0.25) is 0 Å². The van der Waals surface area contributed by atoms with E-state index in [9.17, 15) is 0 Å². The number of hydrogen-bond acceptors (Lipinski definition) is 3. The molecule has 0 aliphatic carbocycles. The number of aromatic nitrogens is 2. The average molecular weight is 324 g/mol. The molecule has 120 valence electrons. The Morgan fingerprint density at radius 1 is 0.960 bits per heavy atom. The minimum atomic E-state index is 0.639. The first-order valence-corrected chi connectivity index (χ1v) is 8.05. The van der Waals surface area contributed by atoms with E-state index in [-0.39, 0.29) is 0 Å². The van der Waals surface area contributed by atoms with E-state index in [2.05, 4.69) is 16.7 Å². The van der Waals surface area contributed by atoms with Crippen LogP contribution in [0, 0.1) is 11.3 Å². The lowest BCUT2D eigenvalue weighted by molar-refractivity contribution is 0.834. The van der Waals surface area contributed by atoms with Crippen LogP contribution in [0.15, 0.2) is 72.8 Å². The molecular formula is C21H16N4. The Kier molecular flexibility index (Phi) is 3.68. The van der Waals surface area contributed by atoms with Crippen LogP contribution in [0.1, 0.15) is 11.1 Å². The predicted molar refractivity (Wildman–Crippen MR) is 99.8 cm³/mol. The molecule has 4 rings (SSSR count). The van der Waals surface area contributed by atoms with Crippen molar-refractivity contribution in [1.29, 1.82) is 5.26 Å². The summed E-state index contributed by atoms with van der Waals surface area (Å²) in [5, 5.41) is 9.14. The van der Waals surface area contributed by atoms with E-state index in [1.54, 1.807) is 0 Å². The third kappa shape index (κ3) is 2.84. The molecule has 0 spiro atoms. The summed E-state index contributed by atoms with van der Waals surface area (Å²) in [6, 6.07) is 25.7. The lowest BCUT2D eigenvalue weighted by atomic mass is 10.1. The van der Waals surface area contributed by atoms with Gasteiger partial charge < -0.3 is 10.3 Å². The number of hydrogen-bond donors (Lipinski definition) is 1. The summed E-state index contributed by atoms with van der Waals surface area (Å²) < 4.78 is 2.17. The van der Waals surface area contributed by atoms with Crippen molar-refractivity contribution in [3.05, 3.63) is 83.9 Å². The number of benzene rings is 3. The molecule has 3 aromatic carbocycles. The van der Waals surface area contributed by atoms with Crippen molar-refractivity contribution < 1.29 is 0 Å². The average Bonchev–Trinajstić information content (AvgIpc) is 3.01. The number of nitrogens with zero attached hydrogens (tertiary/aromatic N) is 3. The Morgan fingerprint density at radius 2 is 1.80 bits per heavy atom. The second kappa shape index (κ2) is 6.14. The van der Waals surface area contributed by atoms with Gasteiger partial charge in [0.2, 0.25) is 0 Å². The number of imidazole rings is 1. The zero-order valence-corrected chi connectivity index (χ0v) is 13.6. The summed E-state index contributed by atoms with van der Waals surface area (Å²) >= 11 is 0. The van der Waals surface area contributed by atoms with Gasteiger partial charge in [-0.3, -0.25) is 0 Å². The van der Waals surface area contributed by atoms with Crippen LogP contribution in [0.25, 0.3) is 22.4 Å². The first-order chi connectivity index (χ1) is 12.2. The molecule has 2 N–H and O–H groups in total. The van der Waals surface area contributed by atoms with E-state index in [0.29, 0.717) is 17.8 Å². The molecule has 1 aromatic heterocycles. The number of nitriles is 1. The fourth-order valence-corrected chi connectivity index (χ4v) is 3.06. The topological polar surface area (TPSA) is 67.6 Å². The van der Waals surface area contributed by atoms with E-state index < -0.39 is 0 Å². The molecule has 0 unspecified atom stereocenters. The van der Waals surface area contributed by atoms with E-state index in [4.69, 9.17) is 16.0 Å². The second-order valence-corrected chi connectivity index (χ2v) is 5.95. The molecule has 1 heterocycles. The highest BCUT2D eigenvalue weighted by molar-refractivity contribution is 5.81. The zero-order chi connectivity index (χ0) is 17.2. The third-order valence-corrected chi connectivity index (χ3v) is 4.20. The van der Waals surface area contributed by atoms with Crippen molar-refractivity contribution in [2.45, 2.75) is 6.54 Å². The van der Waals surface area contributed by atoms with Crippen LogP contribution in [-0.2, 0) is 6.54 Å². The normalized spacial score (nSPS) is 10.7. The molecule has 4 aromatic rings. The smallest absolute Gasteiger partial charge is 0.141 e. The van der Waals surface area contributed by atoms with Crippen LogP contribution in [0.4, 0.5) is 5.69 Å². The van der Waals surface area contributed by atoms with Crippen LogP contribution in [0.5, 0.6) is 0 Å². The maximum Gasteiger partial charge on any atom is 0.141 e. The molecule has 4 nitrogen and oxygen atoms in total. The summed E-state index contributed by atoms with van der Waals surface area (Å²) in [6.45, 7) is 0.639. The van der Waals surface area contributed by atoms with Crippen LogP contribution < -0.4 is 5.73 Å². The fourth-order valence-electron chi connectivity index (χ4n) is 3.06. The van der Waals surface area contributed by atoms with Gasteiger partial charge in [-0.25, -0.2) is 4.98 Å². The summed E-state index contributed by atoms with van der Waals surface area (Å²) in [6.07, 6.45) is 0. The number of fused-ring (bicyclic) bond motifs is 1. The summed E-state index contributed by atoms with van der Waals surface area (Å²) in [4.78, 5) is 4.81. The SMILES string of the molecule is N#Cc1cccc(Cn2c(-c3cccc(N)c3)nc3ccccc32)c1. The molecule has 0 aliphatic heterocycles. The number of rotatable bonds is 3. The molecule has 0 bridgehead atoms. The van der Waals surface area contributed by atoms with Gasteiger partial charge in [-0.2, -0.15) is 5.26 Å². The van der Waals surface area contributed by atoms with E-state index >= 15 is 0 Å². The molecular weight excluding hydrogens is 308 g/mol. The lowest BCUT2D eigenvalue weighted by Gasteiger charge is -2.10. The third-order valence-electron chi connectivity index (χ3n) is 4.20. The first kappa shape index (κ1) is 15.0. The number of anilines is 1. The van der Waals surface area contributed by atoms with Crippen molar-refractivity contribution >= 4 is 16.7 Å². The fraction of sp³-hybridized carbons (Fsp3) is 0.0476. The van der Waals surface area contributed by atoms with E-state index in [0.717, 1.165) is 28.0 Å². The Morgan fingerprint density at radius 3 is 2.64 bits per heavy atom. The Balaban J connectivity index is 1.89. The lowest BCUT2D eigenvalue weighted by Crippen LogP contribution is -2.03. The number of nitrogen functional groups attached to an aromatic ring is 1. The minimum Gasteiger partial charge on any atom is -0.399 e. The van der Waals surface area contributed by atoms with Crippen LogP contribution in [-0.4, -0.2) is 9.55 Å². The maximum absolute atomic E-state index is 9.14. The highest BCUT2D eigenvalue weighted by atomic mass is 15.1. The van der Waals surface area contributed by atoms with Gasteiger partial charge in [0.25, 0.3) is 0 Å². The molecule has 25 heavy (non-hydrogen) atoms. The van der Waals surface area contributed by atoms with Gasteiger partial charge in [0, 0.05) is 17.8 Å². The summed E-state index contributed by atoms with van der Waals surface area (Å²) in [5.74, 6) is 0.871. The van der Waals surface area contributed by atoms with Gasteiger partial charge in [0.1, 0.15) is 5.82 Å². The standard InChI is InChI=1S/C21H16N4/c22-13-15-5-3-6-16(11-15)14-25-20-10-2-1-9-19(20)24-21(25)17-7-4-8-18(23)12-17/h1-12H,14,23H2. The van der Waals surface area contributed by atoms with Crippen molar-refractivity contribution in [2.24, 2.45) is 0 Å². The molecule has 0 aliphatic rings. The highest BCUT2D eigenvalue weighted by Crippen LogP contribution is 2.27. The monoisotopic (exact) mass is 324 g/mol. The Hall–Kier alpha value is -3.58. The van der Waals surface area contributed by atoms with Crippen LogP contribution >= 0.6 is 0 Å². The van der Waals surface area contributed by atoms with Crippen LogP contribution in [0.3, 0.4) is 0 Å². The van der Waals surface area contributed by atoms with E-state index in [1.165, 1.54) is 0 Å². The minimum absolute atomic E-state index is 0.639. The first-order valence-electron chi connectivity index (χ1n) is 8.05. The molecule has 0 saturated heterocycles. The molecule has 0 saturated carbocycles. The number of para-hydroxylation sites is 2. The van der Waals surface area contributed by atoms with Gasteiger partial charge in [-0.1, -0.05) is 36.4 Å². The van der Waals surface area contributed by atoms with Gasteiger partial charge in [0.05, 0.1) is 22.7 Å². The van der Waals surface area contributed by atoms with Crippen molar-refractivity contribution in [3.8, 4) is 17.5 Å². The maximum atomic E-state index is 9.14. The molecule has 0 amide bonds. The predicted octanol–water partition coefficient (Wildman–Crippen LogP) is 4.21.